The van der Waals surface area contributed by atoms with Crippen molar-refractivity contribution >= 4 is 0 Å². The van der Waals surface area contributed by atoms with Crippen LogP contribution in [0.2, 0.25) is 0 Å². The third kappa shape index (κ3) is 15.2. The summed E-state index contributed by atoms with van der Waals surface area (Å²) in [7, 11) is 5.13. The minimum atomic E-state index is -0.774. The molecule has 0 saturated carbocycles. The number of rotatable bonds is 6. The zero-order valence-electron chi connectivity index (χ0n) is 9.46. The molecule has 83 valence electrons. The molecular formula is C9H23CrO3. The van der Waals surface area contributed by atoms with Crippen molar-refractivity contribution in [3.63, 3.8) is 0 Å². The fraction of sp³-hybridized carbons (Fsp3) is 1.00. The van der Waals surface area contributed by atoms with Crippen LogP contribution in [0.5, 0.6) is 0 Å². The molecule has 0 spiro atoms. The monoisotopic (exact) mass is 231 g/mol. The van der Waals surface area contributed by atoms with Gasteiger partial charge in [-0.25, -0.2) is 0 Å². The van der Waals surface area contributed by atoms with Crippen LogP contribution in [0.4, 0.5) is 0 Å². The van der Waals surface area contributed by atoms with Crippen molar-refractivity contribution < 1.29 is 28.4 Å². The van der Waals surface area contributed by atoms with Crippen LogP contribution in [-0.2, 0) is 28.4 Å². The average molecular weight is 231 g/mol. The van der Waals surface area contributed by atoms with Crippen molar-refractivity contribution in [1.82, 2.24) is 0 Å². The van der Waals surface area contributed by atoms with E-state index in [4.69, 9.17) is 14.2 Å². The Balaban J connectivity index is 0. The Morgan fingerprint density at radius 1 is 0.769 bits per heavy atom. The van der Waals surface area contributed by atoms with Gasteiger partial charge in [0.05, 0.1) is 0 Å². The summed E-state index contributed by atoms with van der Waals surface area (Å²) in [5, 5.41) is 0. The van der Waals surface area contributed by atoms with Gasteiger partial charge in [-0.15, -0.1) is 0 Å². The molecule has 0 amide bonds. The van der Waals surface area contributed by atoms with Crippen LogP contribution < -0.4 is 0 Å². The molecule has 0 rings (SSSR count). The summed E-state index contributed by atoms with van der Waals surface area (Å²) < 4.78 is 15.0. The quantitative estimate of drug-likeness (QED) is 0.698. The van der Waals surface area contributed by atoms with Crippen LogP contribution in [0.15, 0.2) is 0 Å². The number of methoxy groups -OCH3 is 3. The first kappa shape index (κ1) is 15.9. The van der Waals surface area contributed by atoms with Gasteiger partial charge in [-0.2, -0.15) is 0 Å². The fourth-order valence-electron chi connectivity index (χ4n) is 0.602. The van der Waals surface area contributed by atoms with E-state index in [0.29, 0.717) is 0 Å². The molecule has 0 atom stereocenters. The molecule has 0 aromatic rings. The molecule has 3 nitrogen and oxygen atoms in total. The van der Waals surface area contributed by atoms with Gasteiger partial charge in [0.25, 0.3) is 0 Å². The van der Waals surface area contributed by atoms with Crippen molar-refractivity contribution in [2.75, 3.05) is 37.7 Å². The van der Waals surface area contributed by atoms with Crippen molar-refractivity contribution in [2.45, 2.75) is 20.3 Å². The van der Waals surface area contributed by atoms with E-state index >= 15 is 0 Å². The van der Waals surface area contributed by atoms with Crippen molar-refractivity contribution in [2.24, 2.45) is 0 Å². The first-order chi connectivity index (χ1) is 6.26. The summed E-state index contributed by atoms with van der Waals surface area (Å²) in [6.07, 6.45) is 1.25. The van der Waals surface area contributed by atoms with Gasteiger partial charge in [0.1, 0.15) is 0 Å². The molecule has 0 aliphatic carbocycles. The molecule has 0 aliphatic rings. The molecule has 4 heteroatoms. The van der Waals surface area contributed by atoms with Crippen molar-refractivity contribution in [3.05, 3.63) is 0 Å². The number of ether oxygens (including phenoxy) is 3. The first-order valence-electron chi connectivity index (χ1n) is 4.37. The molecule has 0 aromatic carbocycles. The summed E-state index contributed by atoms with van der Waals surface area (Å²) in [5.41, 5.74) is 2.46. The molecule has 0 unspecified atom stereocenters. The van der Waals surface area contributed by atoms with Crippen LogP contribution in [0.3, 0.4) is 0 Å². The Labute approximate surface area is 86.8 Å². The third-order valence-corrected chi connectivity index (χ3v) is 3.52. The van der Waals surface area contributed by atoms with E-state index in [0.717, 1.165) is 16.4 Å². The van der Waals surface area contributed by atoms with Gasteiger partial charge in [-0.1, -0.05) is 20.3 Å². The van der Waals surface area contributed by atoms with Gasteiger partial charge < -0.3 is 0 Å². The van der Waals surface area contributed by atoms with Crippen molar-refractivity contribution in [1.29, 1.82) is 0 Å². The molecule has 0 heterocycles. The molecular weight excluding hydrogens is 208 g/mol. The molecule has 0 fully saturated rings. The Kier molecular flexibility index (Phi) is 18.2. The summed E-state index contributed by atoms with van der Waals surface area (Å²) in [5.74, 6) is 0. The molecule has 0 saturated heterocycles. The molecule has 0 aromatic heterocycles. The average Bonchev–Trinajstić information content (AvgIpc) is 2.07. The van der Waals surface area contributed by atoms with E-state index in [1.165, 1.54) is 6.42 Å². The van der Waals surface area contributed by atoms with Crippen LogP contribution >= 0.6 is 0 Å². The molecule has 0 bridgehead atoms. The van der Waals surface area contributed by atoms with Crippen molar-refractivity contribution in [3.8, 4) is 0 Å². The fourth-order valence-corrected chi connectivity index (χ4v) is 2.48. The Hall–Kier alpha value is 0.412. The summed E-state index contributed by atoms with van der Waals surface area (Å²) in [6.45, 7) is 4.25. The van der Waals surface area contributed by atoms with Gasteiger partial charge in [0.2, 0.25) is 0 Å². The second-order valence-corrected chi connectivity index (χ2v) is 5.56. The summed E-state index contributed by atoms with van der Waals surface area (Å²) in [4.78, 5) is 0. The van der Waals surface area contributed by atoms with Gasteiger partial charge in [-0.3, -0.25) is 0 Å². The predicted molar refractivity (Wildman–Crippen MR) is 51.6 cm³/mol. The summed E-state index contributed by atoms with van der Waals surface area (Å²) >= 11 is -0.774. The molecule has 0 radical (unpaired) electrons. The SMILES string of the molecule is CCC.CO[CH2][Cr]([CH2]OC)[CH2]OC. The van der Waals surface area contributed by atoms with E-state index in [1.54, 1.807) is 21.3 Å². The Morgan fingerprint density at radius 3 is 1.15 bits per heavy atom. The van der Waals surface area contributed by atoms with Gasteiger partial charge >= 0.3 is 66.1 Å². The second-order valence-electron chi connectivity index (χ2n) is 2.54. The van der Waals surface area contributed by atoms with Crippen LogP contribution in [0, 0.1) is 0 Å². The maximum atomic E-state index is 5.00. The minimum absolute atomic E-state index is 0.774. The van der Waals surface area contributed by atoms with Gasteiger partial charge in [-0.05, 0) is 0 Å². The van der Waals surface area contributed by atoms with Gasteiger partial charge in [0, 0.05) is 0 Å². The topological polar surface area (TPSA) is 27.7 Å². The zero-order valence-corrected chi connectivity index (χ0v) is 10.7. The zero-order chi connectivity index (χ0) is 10.5. The van der Waals surface area contributed by atoms with E-state index in [1.807, 2.05) is 0 Å². The molecule has 13 heavy (non-hydrogen) atoms. The van der Waals surface area contributed by atoms with Crippen LogP contribution in [0.25, 0.3) is 0 Å². The molecule has 0 N–H and O–H groups in total. The normalized spacial score (nSPS) is 9.69. The van der Waals surface area contributed by atoms with E-state index in [9.17, 15) is 0 Å². The van der Waals surface area contributed by atoms with E-state index in [2.05, 4.69) is 13.8 Å². The van der Waals surface area contributed by atoms with Gasteiger partial charge in [0.15, 0.2) is 0 Å². The predicted octanol–water partition coefficient (Wildman–Crippen LogP) is 1.83. The molecule has 0 aliphatic heterocycles. The number of hydrogen-bond acceptors (Lipinski definition) is 3. The standard InChI is InChI=1S/C3H8.3C2H5O.Cr/c4*1-3-2;/h3H2,1-2H3;3*1H2,2H3;. The first-order valence-corrected chi connectivity index (χ1v) is 7.08. The summed E-state index contributed by atoms with van der Waals surface area (Å²) in [6, 6.07) is 0. The van der Waals surface area contributed by atoms with Crippen LogP contribution in [-0.4, -0.2) is 37.7 Å². The van der Waals surface area contributed by atoms with Crippen LogP contribution in [0.1, 0.15) is 20.3 Å². The van der Waals surface area contributed by atoms with E-state index in [-0.39, 0.29) is 0 Å². The Bertz CT molecular complexity index is 67.0. The second kappa shape index (κ2) is 14.9. The Morgan fingerprint density at radius 2 is 1.00 bits per heavy atom. The third-order valence-electron chi connectivity index (χ3n) is 0.854. The maximum absolute atomic E-state index is 5.00. The number of hydrogen-bond donors (Lipinski definition) is 0. The van der Waals surface area contributed by atoms with E-state index < -0.39 is 14.1 Å².